The first-order chi connectivity index (χ1) is 14.1. The fraction of sp³-hybridized carbons (Fsp3) is 0.619. The first kappa shape index (κ1) is 20.6. The number of aromatic nitrogens is 2. The molecule has 2 aromatic rings. The average Bonchev–Trinajstić information content (AvgIpc) is 2.72. The number of benzene rings is 1. The highest BCUT2D eigenvalue weighted by Gasteiger charge is 2.20. The molecule has 1 unspecified atom stereocenters. The maximum Gasteiger partial charge on any atom is 0.261 e. The predicted octanol–water partition coefficient (Wildman–Crippen LogP) is 3.40. The smallest absolute Gasteiger partial charge is 0.261 e. The van der Waals surface area contributed by atoms with Crippen molar-refractivity contribution in [3.8, 4) is 5.75 Å². The van der Waals surface area contributed by atoms with E-state index in [1.807, 2.05) is 0 Å². The van der Waals surface area contributed by atoms with Crippen LogP contribution in [0.4, 0.5) is 4.39 Å². The van der Waals surface area contributed by atoms with Gasteiger partial charge in [0, 0.05) is 29.9 Å². The Morgan fingerprint density at radius 3 is 2.86 bits per heavy atom. The van der Waals surface area contributed by atoms with Gasteiger partial charge >= 0.3 is 0 Å². The summed E-state index contributed by atoms with van der Waals surface area (Å²) in [5.74, 6) is 1.16. The van der Waals surface area contributed by atoms with E-state index in [4.69, 9.17) is 9.47 Å². The number of fused-ring (bicyclic) bond motifs is 1. The van der Waals surface area contributed by atoms with Gasteiger partial charge in [-0.25, -0.2) is 9.37 Å². The average molecular weight is 423 g/mol. The van der Waals surface area contributed by atoms with E-state index in [0.717, 1.165) is 45.1 Å². The molecule has 0 bridgehead atoms. The van der Waals surface area contributed by atoms with E-state index in [9.17, 15) is 14.3 Å². The van der Waals surface area contributed by atoms with Crippen molar-refractivity contribution in [2.45, 2.75) is 55.6 Å². The van der Waals surface area contributed by atoms with Crippen molar-refractivity contribution in [1.29, 1.82) is 0 Å². The first-order valence-corrected chi connectivity index (χ1v) is 11.4. The lowest BCUT2D eigenvalue weighted by Crippen LogP contribution is -2.23. The fourth-order valence-corrected chi connectivity index (χ4v) is 5.10. The van der Waals surface area contributed by atoms with E-state index in [2.05, 4.69) is 9.97 Å². The van der Waals surface area contributed by atoms with Crippen LogP contribution in [-0.2, 0) is 10.5 Å². The van der Waals surface area contributed by atoms with Crippen molar-refractivity contribution in [1.82, 2.24) is 9.97 Å². The normalized spacial score (nSPS) is 25.2. The van der Waals surface area contributed by atoms with Gasteiger partial charge in [-0.3, -0.25) is 4.79 Å². The molecule has 158 valence electrons. The van der Waals surface area contributed by atoms with Gasteiger partial charge in [-0.1, -0.05) is 0 Å². The van der Waals surface area contributed by atoms with Crippen LogP contribution in [0.2, 0.25) is 0 Å². The molecule has 1 saturated carbocycles. The number of aliphatic hydroxyl groups is 1. The van der Waals surface area contributed by atoms with E-state index in [1.165, 1.54) is 6.07 Å². The third-order valence-electron chi connectivity index (χ3n) is 5.62. The number of nitrogens with zero attached hydrogens (tertiary/aromatic N) is 1. The molecule has 1 atom stereocenters. The highest BCUT2D eigenvalue weighted by Crippen LogP contribution is 2.30. The number of aromatic amines is 1. The zero-order valence-electron chi connectivity index (χ0n) is 16.4. The molecule has 0 radical (unpaired) electrons. The largest absolute Gasteiger partial charge is 0.493 e. The SMILES string of the molecule is O=c1[nH]c(CS[C@H]2CC[C@H](O)CC2)nc2cc(OCC3CCCOC3)cc(F)c12. The highest BCUT2D eigenvalue weighted by molar-refractivity contribution is 7.99. The highest BCUT2D eigenvalue weighted by atomic mass is 32.2. The van der Waals surface area contributed by atoms with Crippen molar-refractivity contribution in [3.05, 3.63) is 34.1 Å². The van der Waals surface area contributed by atoms with Gasteiger partial charge < -0.3 is 19.6 Å². The summed E-state index contributed by atoms with van der Waals surface area (Å²) < 4.78 is 25.8. The number of nitrogens with one attached hydrogen (secondary N) is 1. The fourth-order valence-electron chi connectivity index (χ4n) is 3.96. The standard InChI is InChI=1S/C21H27FN2O4S/c22-17-8-15(28-11-13-2-1-7-27-10-13)9-18-20(17)21(26)24-19(23-18)12-29-16-5-3-14(25)4-6-16/h8-9,13-14,16,25H,1-7,10-12H2,(H,23,24,26)/t13?,14-,16-. The molecule has 1 aromatic heterocycles. The molecular weight excluding hydrogens is 395 g/mol. The maximum absolute atomic E-state index is 14.5. The van der Waals surface area contributed by atoms with Crippen molar-refractivity contribution in [2.75, 3.05) is 19.8 Å². The lowest BCUT2D eigenvalue weighted by molar-refractivity contribution is 0.0352. The van der Waals surface area contributed by atoms with E-state index in [1.54, 1.807) is 17.8 Å². The number of halogens is 1. The predicted molar refractivity (Wildman–Crippen MR) is 111 cm³/mol. The third-order valence-corrected chi connectivity index (χ3v) is 7.01. The lowest BCUT2D eigenvalue weighted by atomic mass is 9.97. The molecule has 2 aliphatic rings. The van der Waals surface area contributed by atoms with Crippen LogP contribution in [0.1, 0.15) is 44.3 Å². The zero-order valence-corrected chi connectivity index (χ0v) is 17.2. The first-order valence-electron chi connectivity index (χ1n) is 10.3. The topological polar surface area (TPSA) is 84.4 Å². The number of rotatable bonds is 6. The Bertz CT molecular complexity index is 892. The minimum Gasteiger partial charge on any atom is -0.493 e. The van der Waals surface area contributed by atoms with Crippen LogP contribution >= 0.6 is 11.8 Å². The molecule has 29 heavy (non-hydrogen) atoms. The Labute approximate surface area is 173 Å². The van der Waals surface area contributed by atoms with Crippen molar-refractivity contribution < 1.29 is 19.0 Å². The summed E-state index contributed by atoms with van der Waals surface area (Å²) in [5, 5.41) is 10.0. The zero-order chi connectivity index (χ0) is 20.2. The second-order valence-corrected chi connectivity index (χ2v) is 9.24. The van der Waals surface area contributed by atoms with Crippen LogP contribution < -0.4 is 10.3 Å². The summed E-state index contributed by atoms with van der Waals surface area (Å²) in [6, 6.07) is 2.90. The number of hydrogen-bond acceptors (Lipinski definition) is 6. The molecule has 2 fully saturated rings. The summed E-state index contributed by atoms with van der Waals surface area (Å²) in [5.41, 5.74) is -0.146. The second kappa shape index (κ2) is 9.45. The molecule has 0 amide bonds. The van der Waals surface area contributed by atoms with Gasteiger partial charge in [0.15, 0.2) is 0 Å². The van der Waals surface area contributed by atoms with Crippen LogP contribution in [0.15, 0.2) is 16.9 Å². The quantitative estimate of drug-likeness (QED) is 0.742. The summed E-state index contributed by atoms with van der Waals surface area (Å²) >= 11 is 1.72. The van der Waals surface area contributed by atoms with Gasteiger partial charge in [0.05, 0.1) is 30.6 Å². The number of hydrogen-bond donors (Lipinski definition) is 2. The maximum atomic E-state index is 14.5. The van der Waals surface area contributed by atoms with E-state index < -0.39 is 11.4 Å². The molecule has 0 spiro atoms. The van der Waals surface area contributed by atoms with Crippen LogP contribution in [0.25, 0.3) is 10.9 Å². The Balaban J connectivity index is 1.46. The van der Waals surface area contributed by atoms with E-state index in [0.29, 0.717) is 47.2 Å². The Morgan fingerprint density at radius 2 is 2.10 bits per heavy atom. The molecule has 6 nitrogen and oxygen atoms in total. The summed E-state index contributed by atoms with van der Waals surface area (Å²) in [4.78, 5) is 19.6. The minimum atomic E-state index is -0.619. The Kier molecular flexibility index (Phi) is 6.72. The minimum absolute atomic E-state index is 0.0344. The summed E-state index contributed by atoms with van der Waals surface area (Å²) in [6.45, 7) is 1.91. The lowest BCUT2D eigenvalue weighted by Gasteiger charge is -2.24. The van der Waals surface area contributed by atoms with Crippen LogP contribution in [0.3, 0.4) is 0 Å². The molecule has 1 aliphatic carbocycles. The Morgan fingerprint density at radius 1 is 1.28 bits per heavy atom. The van der Waals surface area contributed by atoms with Gasteiger partial charge in [-0.05, 0) is 38.5 Å². The van der Waals surface area contributed by atoms with Crippen molar-refractivity contribution in [3.63, 3.8) is 0 Å². The number of thioether (sulfide) groups is 1. The van der Waals surface area contributed by atoms with Gasteiger partial charge in [0.2, 0.25) is 0 Å². The molecule has 1 aliphatic heterocycles. The van der Waals surface area contributed by atoms with Crippen molar-refractivity contribution >= 4 is 22.7 Å². The molecule has 8 heteroatoms. The van der Waals surface area contributed by atoms with Gasteiger partial charge in [0.1, 0.15) is 22.8 Å². The molecule has 2 heterocycles. The molecule has 4 rings (SSSR count). The number of H-pyrrole nitrogens is 1. The summed E-state index contributed by atoms with van der Waals surface area (Å²) in [7, 11) is 0. The molecular formula is C21H27FN2O4S. The number of ether oxygens (including phenoxy) is 2. The molecule has 1 aromatic carbocycles. The summed E-state index contributed by atoms with van der Waals surface area (Å²) in [6.07, 6.45) is 5.41. The van der Waals surface area contributed by atoms with Crippen molar-refractivity contribution in [2.24, 2.45) is 5.92 Å². The third kappa shape index (κ3) is 5.29. The van der Waals surface area contributed by atoms with Gasteiger partial charge in [0.25, 0.3) is 5.56 Å². The monoisotopic (exact) mass is 422 g/mol. The van der Waals surface area contributed by atoms with E-state index >= 15 is 0 Å². The molecule has 1 saturated heterocycles. The van der Waals surface area contributed by atoms with Gasteiger partial charge in [-0.2, -0.15) is 11.8 Å². The Hall–Kier alpha value is -1.64. The molecule has 2 N–H and O–H groups in total. The van der Waals surface area contributed by atoms with Gasteiger partial charge in [-0.15, -0.1) is 0 Å². The number of aliphatic hydroxyl groups excluding tert-OH is 1. The second-order valence-electron chi connectivity index (χ2n) is 7.95. The van der Waals surface area contributed by atoms with Crippen LogP contribution in [-0.4, -0.2) is 46.2 Å². The van der Waals surface area contributed by atoms with E-state index in [-0.39, 0.29) is 11.5 Å². The van der Waals surface area contributed by atoms with Crippen LogP contribution in [0, 0.1) is 11.7 Å². The van der Waals surface area contributed by atoms with Crippen LogP contribution in [0.5, 0.6) is 5.75 Å².